The molecule has 0 spiro atoms. The van der Waals surface area contributed by atoms with Crippen molar-refractivity contribution in [1.29, 1.82) is 0 Å². The van der Waals surface area contributed by atoms with Crippen LogP contribution in [0.1, 0.15) is 22.0 Å². The summed E-state index contributed by atoms with van der Waals surface area (Å²) >= 11 is 0. The summed E-state index contributed by atoms with van der Waals surface area (Å²) in [6.45, 7) is 0.428. The molecule has 2 N–H and O–H groups in total. The van der Waals surface area contributed by atoms with Gasteiger partial charge in [0.25, 0.3) is 5.91 Å². The summed E-state index contributed by atoms with van der Waals surface area (Å²) in [4.78, 5) is 25.8. The maximum Gasteiger partial charge on any atom is 0.349 e. The van der Waals surface area contributed by atoms with Crippen molar-refractivity contribution in [3.8, 4) is 0 Å². The maximum absolute atomic E-state index is 12.5. The Bertz CT molecular complexity index is 932. The number of carbonyl (C=O) groups excluding carboxylic acids is 1. The van der Waals surface area contributed by atoms with Gasteiger partial charge in [-0.3, -0.25) is 4.79 Å². The van der Waals surface area contributed by atoms with Gasteiger partial charge in [-0.15, -0.1) is 0 Å². The predicted octanol–water partition coefficient (Wildman–Crippen LogP) is 1.41. The van der Waals surface area contributed by atoms with E-state index >= 15 is 0 Å². The van der Waals surface area contributed by atoms with Gasteiger partial charge < -0.3 is 14.6 Å². The lowest BCUT2D eigenvalue weighted by Gasteiger charge is -2.22. The minimum atomic E-state index is -0.621. The third-order valence-corrected chi connectivity index (χ3v) is 4.25. The largest absolute Gasteiger partial charge is 0.422 e. The van der Waals surface area contributed by atoms with Crippen LogP contribution in [0, 0.1) is 0 Å². The third kappa shape index (κ3) is 3.78. The van der Waals surface area contributed by atoms with Crippen LogP contribution in [0.2, 0.25) is 0 Å². The lowest BCUT2D eigenvalue weighted by molar-refractivity contribution is -0.890. The minimum Gasteiger partial charge on any atom is -0.422 e. The van der Waals surface area contributed by atoms with E-state index < -0.39 is 11.5 Å². The Morgan fingerprint density at radius 3 is 2.48 bits per heavy atom. The molecule has 3 aromatic rings. The van der Waals surface area contributed by atoms with Gasteiger partial charge in [0.1, 0.15) is 17.2 Å². The van der Waals surface area contributed by atoms with E-state index in [1.807, 2.05) is 56.6 Å². The quantitative estimate of drug-likeness (QED) is 0.692. The van der Waals surface area contributed by atoms with Crippen LogP contribution in [0.4, 0.5) is 0 Å². The second kappa shape index (κ2) is 7.32. The number of nitrogens with one attached hydrogen (secondary N) is 2. The molecular weight excluding hydrogens is 316 g/mol. The molecule has 0 saturated heterocycles. The van der Waals surface area contributed by atoms with Gasteiger partial charge >= 0.3 is 5.63 Å². The summed E-state index contributed by atoms with van der Waals surface area (Å²) in [5.41, 5.74) is 1.02. The summed E-state index contributed by atoms with van der Waals surface area (Å²) in [7, 11) is 4.07. The third-order valence-electron chi connectivity index (χ3n) is 4.25. The number of quaternary nitrogens is 1. The number of hydrogen-bond donors (Lipinski definition) is 2. The SMILES string of the molecule is C[NH+](C)[C@H](CNC(=O)c1cc2ccccc2oc1=O)c1ccccc1. The first-order valence-corrected chi connectivity index (χ1v) is 8.22. The van der Waals surface area contributed by atoms with Crippen molar-refractivity contribution < 1.29 is 14.1 Å². The molecule has 0 aliphatic rings. The van der Waals surface area contributed by atoms with E-state index in [0.29, 0.717) is 12.1 Å². The molecule has 5 heteroatoms. The van der Waals surface area contributed by atoms with Crippen molar-refractivity contribution in [2.24, 2.45) is 0 Å². The van der Waals surface area contributed by atoms with E-state index in [4.69, 9.17) is 4.42 Å². The Morgan fingerprint density at radius 2 is 1.76 bits per heavy atom. The molecule has 1 heterocycles. The van der Waals surface area contributed by atoms with Crippen LogP contribution in [0.25, 0.3) is 11.0 Å². The van der Waals surface area contributed by atoms with E-state index in [9.17, 15) is 9.59 Å². The summed E-state index contributed by atoms with van der Waals surface area (Å²) in [5.74, 6) is -0.415. The van der Waals surface area contributed by atoms with E-state index in [0.717, 1.165) is 10.9 Å². The first kappa shape index (κ1) is 16.9. The van der Waals surface area contributed by atoms with Gasteiger partial charge in [-0.1, -0.05) is 48.5 Å². The number of hydrogen-bond acceptors (Lipinski definition) is 3. The zero-order chi connectivity index (χ0) is 17.8. The Morgan fingerprint density at radius 1 is 1.08 bits per heavy atom. The molecule has 3 rings (SSSR count). The molecule has 5 nitrogen and oxygen atoms in total. The van der Waals surface area contributed by atoms with Crippen LogP contribution in [-0.2, 0) is 0 Å². The minimum absolute atomic E-state index is 0.0271. The number of carbonyl (C=O) groups is 1. The fourth-order valence-corrected chi connectivity index (χ4v) is 2.85. The van der Waals surface area contributed by atoms with Gasteiger partial charge in [-0.05, 0) is 12.1 Å². The lowest BCUT2D eigenvalue weighted by Crippen LogP contribution is -3.07. The van der Waals surface area contributed by atoms with Crippen molar-refractivity contribution in [2.45, 2.75) is 6.04 Å². The van der Waals surface area contributed by atoms with Crippen LogP contribution in [0.5, 0.6) is 0 Å². The molecule has 0 unspecified atom stereocenters. The van der Waals surface area contributed by atoms with Gasteiger partial charge in [-0.2, -0.15) is 0 Å². The Hall–Kier alpha value is -2.92. The standard InChI is InChI=1S/C20H20N2O3/c1-22(2)17(14-8-4-3-5-9-14)13-21-19(23)16-12-15-10-6-7-11-18(15)25-20(16)24/h3-12,17H,13H2,1-2H3,(H,21,23)/p+1/t17-/m1/s1. The fourth-order valence-electron chi connectivity index (χ4n) is 2.85. The van der Waals surface area contributed by atoms with Gasteiger partial charge in [0, 0.05) is 10.9 Å². The molecule has 0 aliphatic carbocycles. The summed E-state index contributed by atoms with van der Waals surface area (Å²) in [6.07, 6.45) is 0. The number of amides is 1. The smallest absolute Gasteiger partial charge is 0.349 e. The molecule has 1 aromatic heterocycles. The highest BCUT2D eigenvalue weighted by Gasteiger charge is 2.20. The second-order valence-electron chi connectivity index (χ2n) is 6.24. The zero-order valence-electron chi connectivity index (χ0n) is 14.3. The van der Waals surface area contributed by atoms with Crippen molar-refractivity contribution in [3.05, 3.63) is 82.2 Å². The summed E-state index contributed by atoms with van der Waals surface area (Å²) in [6, 6.07) is 18.8. The predicted molar refractivity (Wildman–Crippen MR) is 96.8 cm³/mol. The average Bonchev–Trinajstić information content (AvgIpc) is 2.61. The fraction of sp³-hybridized carbons (Fsp3) is 0.200. The van der Waals surface area contributed by atoms with Crippen molar-refractivity contribution in [2.75, 3.05) is 20.6 Å². The van der Waals surface area contributed by atoms with Crippen molar-refractivity contribution in [1.82, 2.24) is 5.32 Å². The van der Waals surface area contributed by atoms with Crippen LogP contribution in [0.15, 0.2) is 69.9 Å². The van der Waals surface area contributed by atoms with Crippen LogP contribution < -0.4 is 15.8 Å². The van der Waals surface area contributed by atoms with Crippen LogP contribution in [-0.4, -0.2) is 26.5 Å². The lowest BCUT2D eigenvalue weighted by atomic mass is 10.1. The highest BCUT2D eigenvalue weighted by Crippen LogP contribution is 2.13. The topological polar surface area (TPSA) is 63.8 Å². The average molecular weight is 337 g/mol. The summed E-state index contributed by atoms with van der Waals surface area (Å²) in [5, 5.41) is 3.59. The molecule has 128 valence electrons. The van der Waals surface area contributed by atoms with Gasteiger partial charge in [-0.25, -0.2) is 4.79 Å². The van der Waals surface area contributed by atoms with Crippen LogP contribution >= 0.6 is 0 Å². The van der Waals surface area contributed by atoms with Gasteiger partial charge in [0.15, 0.2) is 0 Å². The van der Waals surface area contributed by atoms with Gasteiger partial charge in [0.05, 0.1) is 20.6 Å². The maximum atomic E-state index is 12.5. The van der Waals surface area contributed by atoms with E-state index in [2.05, 4.69) is 5.32 Å². The molecular formula is C20H21N2O3+. The first-order valence-electron chi connectivity index (χ1n) is 8.22. The number of fused-ring (bicyclic) bond motifs is 1. The van der Waals surface area contributed by atoms with Gasteiger partial charge in [0.2, 0.25) is 0 Å². The van der Waals surface area contributed by atoms with E-state index in [1.54, 1.807) is 18.2 Å². The van der Waals surface area contributed by atoms with Crippen molar-refractivity contribution in [3.63, 3.8) is 0 Å². The van der Waals surface area contributed by atoms with E-state index in [-0.39, 0.29) is 11.6 Å². The Balaban J connectivity index is 1.80. The number of likely N-dealkylation sites (N-methyl/N-ethyl adjacent to an activating group) is 1. The Labute approximate surface area is 145 Å². The molecule has 0 bridgehead atoms. The van der Waals surface area contributed by atoms with Crippen LogP contribution in [0.3, 0.4) is 0 Å². The number of para-hydroxylation sites is 1. The monoisotopic (exact) mass is 337 g/mol. The molecule has 2 aromatic carbocycles. The number of rotatable bonds is 5. The highest BCUT2D eigenvalue weighted by molar-refractivity contribution is 5.96. The Kier molecular flexibility index (Phi) is 4.95. The zero-order valence-corrected chi connectivity index (χ0v) is 14.3. The number of benzene rings is 2. The molecule has 25 heavy (non-hydrogen) atoms. The van der Waals surface area contributed by atoms with E-state index in [1.165, 1.54) is 4.90 Å². The molecule has 1 amide bonds. The molecule has 0 aliphatic heterocycles. The first-order chi connectivity index (χ1) is 12.1. The molecule has 0 saturated carbocycles. The normalized spacial score (nSPS) is 12.3. The molecule has 0 fully saturated rings. The molecule has 1 atom stereocenters. The highest BCUT2D eigenvalue weighted by atomic mass is 16.4. The molecule has 0 radical (unpaired) electrons. The summed E-state index contributed by atoms with van der Waals surface area (Å²) < 4.78 is 5.23. The van der Waals surface area contributed by atoms with Crippen molar-refractivity contribution >= 4 is 16.9 Å². The second-order valence-corrected chi connectivity index (χ2v) is 6.24.